The maximum Gasteiger partial charge on any atom is 0.240 e. The fraction of sp³-hybridized carbons (Fsp3) is 0.588. The molecule has 0 spiro atoms. The number of fused-ring (bicyclic) bond motifs is 1. The Labute approximate surface area is 148 Å². The van der Waals surface area contributed by atoms with Crippen LogP contribution in [0.3, 0.4) is 0 Å². The van der Waals surface area contributed by atoms with Crippen molar-refractivity contribution in [3.8, 4) is 11.5 Å². The monoisotopic (exact) mass is 356 g/mol. The molecule has 0 radical (unpaired) electrons. The number of carbonyl (C=O) groups is 1. The van der Waals surface area contributed by atoms with Crippen LogP contribution in [0.4, 0.5) is 0 Å². The summed E-state index contributed by atoms with van der Waals surface area (Å²) in [6.45, 7) is 1.60. The van der Waals surface area contributed by atoms with Crippen molar-refractivity contribution in [1.82, 2.24) is 10.2 Å². The summed E-state index contributed by atoms with van der Waals surface area (Å²) in [6, 6.07) is 3.47. The van der Waals surface area contributed by atoms with Crippen molar-refractivity contribution < 1.29 is 19.4 Å². The predicted octanol–water partition coefficient (Wildman–Crippen LogP) is 1.64. The van der Waals surface area contributed by atoms with E-state index in [0.29, 0.717) is 18.0 Å². The Hall–Kier alpha value is -1.50. The minimum Gasteiger partial charge on any atom is -0.496 e. The third kappa shape index (κ3) is 3.45. The summed E-state index contributed by atoms with van der Waals surface area (Å²) in [4.78, 5) is 14.5. The third-order valence-electron chi connectivity index (χ3n) is 4.71. The molecule has 2 atom stereocenters. The molecule has 1 saturated heterocycles. The lowest BCUT2D eigenvalue weighted by Crippen LogP contribution is -2.50. The zero-order valence-electron chi connectivity index (χ0n) is 14.1. The van der Waals surface area contributed by atoms with Gasteiger partial charge in [-0.25, -0.2) is 0 Å². The Balaban J connectivity index is 0.00000208. The average molecular weight is 357 g/mol. The Bertz CT molecular complexity index is 590. The van der Waals surface area contributed by atoms with Crippen LogP contribution in [0.25, 0.3) is 0 Å². The Morgan fingerprint density at radius 3 is 2.58 bits per heavy atom. The molecule has 2 aliphatic rings. The van der Waals surface area contributed by atoms with Crippen molar-refractivity contribution in [1.29, 1.82) is 0 Å². The summed E-state index contributed by atoms with van der Waals surface area (Å²) in [5.74, 6) is 1.37. The molecule has 1 aromatic rings. The number of ether oxygens (including phenoxy) is 2. The third-order valence-corrected chi connectivity index (χ3v) is 4.71. The standard InChI is InChI=1S/C17H24N2O4.ClH/c1-22-14-6-7-15(23-2)16-11(14)9-19(10-13(16)20)17(21)12-5-3-4-8-18-12;/h6-7,12-13,18,20H,3-5,8-10H2,1-2H3;1H. The summed E-state index contributed by atoms with van der Waals surface area (Å²) in [6.07, 6.45) is 2.26. The first-order chi connectivity index (χ1) is 11.2. The lowest BCUT2D eigenvalue weighted by Gasteiger charge is -2.36. The molecule has 0 bridgehead atoms. The van der Waals surface area contributed by atoms with E-state index in [1.54, 1.807) is 25.2 Å². The van der Waals surface area contributed by atoms with Crippen LogP contribution in [0, 0.1) is 0 Å². The first kappa shape index (κ1) is 18.8. The number of rotatable bonds is 3. The van der Waals surface area contributed by atoms with E-state index in [1.807, 2.05) is 6.07 Å². The first-order valence-corrected chi connectivity index (χ1v) is 8.09. The smallest absolute Gasteiger partial charge is 0.240 e. The number of carbonyl (C=O) groups excluding carboxylic acids is 1. The van der Waals surface area contributed by atoms with Crippen LogP contribution in [0.15, 0.2) is 12.1 Å². The molecule has 2 unspecified atom stereocenters. The van der Waals surface area contributed by atoms with E-state index >= 15 is 0 Å². The average Bonchev–Trinajstić information content (AvgIpc) is 2.60. The summed E-state index contributed by atoms with van der Waals surface area (Å²) in [5, 5.41) is 13.8. The molecule has 0 saturated carbocycles. The SMILES string of the molecule is COc1ccc(OC)c2c1CN(C(=O)C1CCCCN1)CC2O.Cl. The van der Waals surface area contributed by atoms with Gasteiger partial charge in [-0.1, -0.05) is 6.42 Å². The number of hydrogen-bond donors (Lipinski definition) is 2. The van der Waals surface area contributed by atoms with Crippen LogP contribution in [0.2, 0.25) is 0 Å². The highest BCUT2D eigenvalue weighted by Gasteiger charge is 2.34. The summed E-state index contributed by atoms with van der Waals surface area (Å²) < 4.78 is 10.8. The summed E-state index contributed by atoms with van der Waals surface area (Å²) in [7, 11) is 3.18. The molecular formula is C17H25ClN2O4. The van der Waals surface area contributed by atoms with E-state index in [9.17, 15) is 9.90 Å². The molecule has 3 rings (SSSR count). The molecule has 1 amide bonds. The number of nitrogens with zero attached hydrogens (tertiary/aromatic N) is 1. The first-order valence-electron chi connectivity index (χ1n) is 8.09. The van der Waals surface area contributed by atoms with Crippen molar-refractivity contribution in [2.45, 2.75) is 38.0 Å². The number of halogens is 1. The lowest BCUT2D eigenvalue weighted by molar-refractivity contribution is -0.137. The van der Waals surface area contributed by atoms with E-state index in [4.69, 9.17) is 9.47 Å². The van der Waals surface area contributed by atoms with E-state index in [1.165, 1.54) is 0 Å². The van der Waals surface area contributed by atoms with Gasteiger partial charge in [0.15, 0.2) is 0 Å². The van der Waals surface area contributed by atoms with Gasteiger partial charge in [-0.05, 0) is 31.5 Å². The molecule has 24 heavy (non-hydrogen) atoms. The van der Waals surface area contributed by atoms with Crippen LogP contribution in [0.1, 0.15) is 36.5 Å². The molecule has 2 heterocycles. The zero-order chi connectivity index (χ0) is 16.4. The normalized spacial score (nSPS) is 23.0. The molecule has 0 aromatic heterocycles. The molecule has 0 aliphatic carbocycles. The minimum atomic E-state index is -0.767. The highest BCUT2D eigenvalue weighted by Crippen LogP contribution is 2.39. The van der Waals surface area contributed by atoms with Gasteiger partial charge in [0.05, 0.1) is 26.8 Å². The van der Waals surface area contributed by atoms with Crippen LogP contribution in [-0.4, -0.2) is 49.3 Å². The van der Waals surface area contributed by atoms with Gasteiger partial charge in [0.2, 0.25) is 5.91 Å². The summed E-state index contributed by atoms with van der Waals surface area (Å²) >= 11 is 0. The van der Waals surface area contributed by atoms with Crippen LogP contribution in [-0.2, 0) is 11.3 Å². The van der Waals surface area contributed by atoms with Gasteiger partial charge in [-0.3, -0.25) is 4.79 Å². The Morgan fingerprint density at radius 1 is 1.25 bits per heavy atom. The molecule has 6 nitrogen and oxygen atoms in total. The van der Waals surface area contributed by atoms with E-state index in [-0.39, 0.29) is 30.9 Å². The number of amides is 1. The highest BCUT2D eigenvalue weighted by molar-refractivity contribution is 5.85. The van der Waals surface area contributed by atoms with Crippen molar-refractivity contribution in [3.05, 3.63) is 23.3 Å². The van der Waals surface area contributed by atoms with E-state index in [0.717, 1.165) is 36.9 Å². The Morgan fingerprint density at radius 2 is 1.96 bits per heavy atom. The molecule has 2 aliphatic heterocycles. The quantitative estimate of drug-likeness (QED) is 0.861. The minimum absolute atomic E-state index is 0. The molecule has 7 heteroatoms. The fourth-order valence-corrected chi connectivity index (χ4v) is 3.53. The molecule has 1 fully saturated rings. The fourth-order valence-electron chi connectivity index (χ4n) is 3.53. The summed E-state index contributed by atoms with van der Waals surface area (Å²) in [5.41, 5.74) is 1.56. The second kappa shape index (κ2) is 8.05. The van der Waals surface area contributed by atoms with Gasteiger partial charge in [0.1, 0.15) is 17.6 Å². The van der Waals surface area contributed by atoms with Gasteiger partial charge in [-0.15, -0.1) is 12.4 Å². The highest BCUT2D eigenvalue weighted by atomic mass is 35.5. The number of aliphatic hydroxyl groups excluding tert-OH is 1. The largest absolute Gasteiger partial charge is 0.496 e. The number of piperidine rings is 1. The number of methoxy groups -OCH3 is 2. The van der Waals surface area contributed by atoms with Gasteiger partial charge >= 0.3 is 0 Å². The Kier molecular flexibility index (Phi) is 6.32. The van der Waals surface area contributed by atoms with Gasteiger partial charge in [0, 0.05) is 17.7 Å². The maximum atomic E-state index is 12.7. The lowest BCUT2D eigenvalue weighted by atomic mass is 9.94. The molecule has 1 aromatic carbocycles. The number of aliphatic hydroxyl groups is 1. The van der Waals surface area contributed by atoms with Gasteiger partial charge in [-0.2, -0.15) is 0 Å². The zero-order valence-corrected chi connectivity index (χ0v) is 14.9. The van der Waals surface area contributed by atoms with Crippen LogP contribution >= 0.6 is 12.4 Å². The van der Waals surface area contributed by atoms with Crippen molar-refractivity contribution in [2.24, 2.45) is 0 Å². The van der Waals surface area contributed by atoms with E-state index in [2.05, 4.69) is 5.32 Å². The number of benzene rings is 1. The van der Waals surface area contributed by atoms with Crippen LogP contribution in [0.5, 0.6) is 11.5 Å². The number of nitrogens with one attached hydrogen (secondary N) is 1. The van der Waals surface area contributed by atoms with Gasteiger partial charge in [0.25, 0.3) is 0 Å². The van der Waals surface area contributed by atoms with Crippen LogP contribution < -0.4 is 14.8 Å². The van der Waals surface area contributed by atoms with E-state index < -0.39 is 6.10 Å². The molecular weight excluding hydrogens is 332 g/mol. The second-order valence-corrected chi connectivity index (χ2v) is 6.10. The predicted molar refractivity (Wildman–Crippen MR) is 92.8 cm³/mol. The van der Waals surface area contributed by atoms with Crippen molar-refractivity contribution in [3.63, 3.8) is 0 Å². The second-order valence-electron chi connectivity index (χ2n) is 6.10. The van der Waals surface area contributed by atoms with Crippen molar-refractivity contribution in [2.75, 3.05) is 27.3 Å². The molecule has 2 N–H and O–H groups in total. The number of hydrogen-bond acceptors (Lipinski definition) is 5. The number of β-amino-alcohol motifs (C(OH)–C–C–N with tert-alkyl or cyclic N) is 1. The van der Waals surface area contributed by atoms with Gasteiger partial charge < -0.3 is 24.8 Å². The molecule has 134 valence electrons. The van der Waals surface area contributed by atoms with Crippen molar-refractivity contribution >= 4 is 18.3 Å². The maximum absolute atomic E-state index is 12.7. The topological polar surface area (TPSA) is 71.0 Å².